The van der Waals surface area contributed by atoms with Crippen LogP contribution in [-0.2, 0) is 0 Å². The fraction of sp³-hybridized carbons (Fsp3) is 0.385. The third-order valence-corrected chi connectivity index (χ3v) is 3.52. The Morgan fingerprint density at radius 3 is 2.29 bits per heavy atom. The Labute approximate surface area is 119 Å². The highest BCUT2D eigenvalue weighted by Crippen LogP contribution is 2.35. The minimum Gasteiger partial charge on any atom is -0.492 e. The van der Waals surface area contributed by atoms with Crippen LogP contribution in [0.15, 0.2) is 26.7 Å². The lowest BCUT2D eigenvalue weighted by Gasteiger charge is -2.10. The van der Waals surface area contributed by atoms with Gasteiger partial charge in [0.1, 0.15) is 5.75 Å². The summed E-state index contributed by atoms with van der Waals surface area (Å²) in [5.74, 6) is 0.812. The molecule has 0 bridgehead atoms. The summed E-state index contributed by atoms with van der Waals surface area (Å²) in [4.78, 5) is 0. The van der Waals surface area contributed by atoms with E-state index >= 15 is 0 Å². The molecule has 0 aliphatic rings. The monoisotopic (exact) mass is 362 g/mol. The van der Waals surface area contributed by atoms with E-state index in [1.807, 2.05) is 32.1 Å². The Kier molecular flexibility index (Phi) is 6.23. The van der Waals surface area contributed by atoms with Crippen molar-refractivity contribution in [2.24, 2.45) is 0 Å². The van der Waals surface area contributed by atoms with Gasteiger partial charge in [-0.2, -0.15) is 0 Å². The van der Waals surface area contributed by atoms with Gasteiger partial charge in [0.15, 0.2) is 0 Å². The predicted octanol–water partition coefficient (Wildman–Crippen LogP) is 4.40. The molecule has 0 amide bonds. The van der Waals surface area contributed by atoms with Gasteiger partial charge in [-0.1, -0.05) is 13.0 Å². The van der Waals surface area contributed by atoms with Crippen LogP contribution in [0.3, 0.4) is 0 Å². The maximum Gasteiger partial charge on any atom is 0.147 e. The van der Waals surface area contributed by atoms with Gasteiger partial charge in [-0.05, 0) is 68.5 Å². The van der Waals surface area contributed by atoms with Crippen molar-refractivity contribution in [3.63, 3.8) is 0 Å². The summed E-state index contributed by atoms with van der Waals surface area (Å²) < 4.78 is 7.34. The van der Waals surface area contributed by atoms with E-state index in [0.717, 1.165) is 32.3 Å². The number of ether oxygens (including phenoxy) is 1. The highest BCUT2D eigenvalue weighted by Gasteiger charge is 2.07. The van der Waals surface area contributed by atoms with Crippen molar-refractivity contribution in [3.05, 3.63) is 32.2 Å². The first-order chi connectivity index (χ1) is 8.12. The molecule has 0 aliphatic carbocycles. The molecule has 94 valence electrons. The molecule has 0 aromatic heterocycles. The second-order valence-corrected chi connectivity index (χ2v) is 5.27. The molecule has 1 aromatic carbocycles. The second-order valence-electron chi connectivity index (χ2n) is 3.56. The summed E-state index contributed by atoms with van der Waals surface area (Å²) in [6.07, 6.45) is 2.84. The van der Waals surface area contributed by atoms with Crippen molar-refractivity contribution < 1.29 is 9.84 Å². The molecule has 0 saturated carbocycles. The lowest BCUT2D eigenvalue weighted by Crippen LogP contribution is -1.94. The van der Waals surface area contributed by atoms with Gasteiger partial charge < -0.3 is 9.84 Å². The SMILES string of the molecule is CCOc1c(Br)cc(C=C(CC)CO)cc1Br. The molecule has 0 spiro atoms. The van der Waals surface area contributed by atoms with Crippen LogP contribution < -0.4 is 4.74 Å². The second kappa shape index (κ2) is 7.19. The van der Waals surface area contributed by atoms with E-state index in [9.17, 15) is 0 Å². The van der Waals surface area contributed by atoms with Crippen molar-refractivity contribution >= 4 is 37.9 Å². The molecule has 1 N–H and O–H groups in total. The van der Waals surface area contributed by atoms with Crippen LogP contribution in [0.25, 0.3) is 6.08 Å². The fourth-order valence-corrected chi connectivity index (χ4v) is 2.89. The maximum atomic E-state index is 9.15. The minimum absolute atomic E-state index is 0.0962. The highest BCUT2D eigenvalue weighted by molar-refractivity contribution is 9.11. The van der Waals surface area contributed by atoms with Crippen LogP contribution in [0, 0.1) is 0 Å². The van der Waals surface area contributed by atoms with Crippen LogP contribution in [0.2, 0.25) is 0 Å². The Balaban J connectivity index is 3.09. The minimum atomic E-state index is 0.0962. The molecule has 0 heterocycles. The summed E-state index contributed by atoms with van der Waals surface area (Å²) in [7, 11) is 0. The molecule has 0 atom stereocenters. The average Bonchev–Trinajstić information content (AvgIpc) is 2.30. The number of aliphatic hydroxyl groups excluding tert-OH is 1. The summed E-state index contributed by atoms with van der Waals surface area (Å²) in [5, 5.41) is 9.15. The Bertz CT molecular complexity index is 385. The van der Waals surface area contributed by atoms with Gasteiger partial charge in [0.05, 0.1) is 22.2 Å². The first-order valence-corrected chi connectivity index (χ1v) is 7.13. The lowest BCUT2D eigenvalue weighted by atomic mass is 10.1. The fourth-order valence-electron chi connectivity index (χ4n) is 1.44. The molecule has 0 unspecified atom stereocenters. The third kappa shape index (κ3) is 4.12. The zero-order chi connectivity index (χ0) is 12.8. The van der Waals surface area contributed by atoms with E-state index in [4.69, 9.17) is 9.84 Å². The number of hydrogen-bond acceptors (Lipinski definition) is 2. The van der Waals surface area contributed by atoms with Gasteiger partial charge in [-0.15, -0.1) is 0 Å². The molecule has 4 heteroatoms. The van der Waals surface area contributed by atoms with Gasteiger partial charge in [0.25, 0.3) is 0 Å². The Morgan fingerprint density at radius 2 is 1.88 bits per heavy atom. The molecule has 17 heavy (non-hydrogen) atoms. The summed E-state index contributed by atoms with van der Waals surface area (Å²) >= 11 is 6.97. The third-order valence-electron chi connectivity index (χ3n) is 2.34. The van der Waals surface area contributed by atoms with Crippen molar-refractivity contribution in [2.75, 3.05) is 13.2 Å². The number of benzene rings is 1. The molecular formula is C13H16Br2O2. The van der Waals surface area contributed by atoms with Crippen LogP contribution in [0.5, 0.6) is 5.75 Å². The molecule has 0 aliphatic heterocycles. The Morgan fingerprint density at radius 1 is 1.29 bits per heavy atom. The highest BCUT2D eigenvalue weighted by atomic mass is 79.9. The molecule has 1 aromatic rings. The van der Waals surface area contributed by atoms with Gasteiger partial charge in [0.2, 0.25) is 0 Å². The van der Waals surface area contributed by atoms with E-state index < -0.39 is 0 Å². The molecule has 0 fully saturated rings. The zero-order valence-electron chi connectivity index (χ0n) is 9.96. The first-order valence-electron chi connectivity index (χ1n) is 5.54. The van der Waals surface area contributed by atoms with Crippen molar-refractivity contribution in [1.29, 1.82) is 0 Å². The van der Waals surface area contributed by atoms with Crippen molar-refractivity contribution in [2.45, 2.75) is 20.3 Å². The van der Waals surface area contributed by atoms with Gasteiger partial charge in [0, 0.05) is 0 Å². The first kappa shape index (κ1) is 14.7. The predicted molar refractivity (Wildman–Crippen MR) is 78.4 cm³/mol. The average molecular weight is 364 g/mol. The number of hydrogen-bond donors (Lipinski definition) is 1. The quantitative estimate of drug-likeness (QED) is 0.840. The number of aliphatic hydroxyl groups is 1. The molecule has 2 nitrogen and oxygen atoms in total. The summed E-state index contributed by atoms with van der Waals surface area (Å²) in [6, 6.07) is 3.97. The largest absolute Gasteiger partial charge is 0.492 e. The lowest BCUT2D eigenvalue weighted by molar-refractivity contribution is 0.329. The number of rotatable bonds is 5. The number of halogens is 2. The van der Waals surface area contributed by atoms with Gasteiger partial charge in [-0.3, -0.25) is 0 Å². The van der Waals surface area contributed by atoms with Crippen molar-refractivity contribution in [3.8, 4) is 5.75 Å². The van der Waals surface area contributed by atoms with Gasteiger partial charge >= 0.3 is 0 Å². The van der Waals surface area contributed by atoms with E-state index in [2.05, 4.69) is 31.9 Å². The maximum absolute atomic E-state index is 9.15. The van der Waals surface area contributed by atoms with Crippen LogP contribution in [-0.4, -0.2) is 18.3 Å². The van der Waals surface area contributed by atoms with E-state index in [1.165, 1.54) is 0 Å². The molecule has 1 rings (SSSR count). The van der Waals surface area contributed by atoms with Gasteiger partial charge in [-0.25, -0.2) is 0 Å². The summed E-state index contributed by atoms with van der Waals surface area (Å²) in [5.41, 5.74) is 2.05. The smallest absolute Gasteiger partial charge is 0.147 e. The van der Waals surface area contributed by atoms with Crippen LogP contribution in [0.1, 0.15) is 25.8 Å². The topological polar surface area (TPSA) is 29.5 Å². The standard InChI is InChI=1S/C13H16Br2O2/c1-3-9(8-16)5-10-6-11(14)13(17-4-2)12(15)7-10/h5-7,16H,3-4,8H2,1-2H3. The molecule has 0 radical (unpaired) electrons. The Hall–Kier alpha value is -0.320. The zero-order valence-corrected chi connectivity index (χ0v) is 13.1. The summed E-state index contributed by atoms with van der Waals surface area (Å²) in [6.45, 7) is 4.70. The normalized spacial score (nSPS) is 11.7. The van der Waals surface area contributed by atoms with E-state index in [1.54, 1.807) is 0 Å². The van der Waals surface area contributed by atoms with Crippen LogP contribution >= 0.6 is 31.9 Å². The van der Waals surface area contributed by atoms with E-state index in [-0.39, 0.29) is 6.61 Å². The molecular weight excluding hydrogens is 348 g/mol. The van der Waals surface area contributed by atoms with E-state index in [0.29, 0.717) is 6.61 Å². The van der Waals surface area contributed by atoms with Crippen LogP contribution in [0.4, 0.5) is 0 Å². The molecule has 0 saturated heterocycles. The van der Waals surface area contributed by atoms with Crippen molar-refractivity contribution in [1.82, 2.24) is 0 Å².